The van der Waals surface area contributed by atoms with E-state index in [1.54, 1.807) is 48.5 Å². The zero-order chi connectivity index (χ0) is 11.4. The maximum absolute atomic E-state index is 11.9. The van der Waals surface area contributed by atoms with Crippen LogP contribution in [0.5, 0.6) is 0 Å². The fourth-order valence-corrected chi connectivity index (χ4v) is 1.55. The molecule has 2 aromatic carbocycles. The number of Topliss-reactive ketones (excluding diaryl/α,β-unsaturated/α-hetero) is 1. The smallest absolute Gasteiger partial charge is 0.195 e. The summed E-state index contributed by atoms with van der Waals surface area (Å²) in [6.07, 6.45) is -1.08. The quantitative estimate of drug-likeness (QED) is 0.798. The molecule has 0 aromatic heterocycles. The molecule has 0 radical (unpaired) electrons. The Labute approximate surface area is 95.7 Å². The summed E-state index contributed by atoms with van der Waals surface area (Å²) in [6.45, 7) is 0. The topological polar surface area (TPSA) is 37.3 Å². The number of rotatable bonds is 3. The normalized spacial score (nSPS) is 12.1. The van der Waals surface area contributed by atoms with Crippen LogP contribution in [-0.2, 0) is 0 Å². The van der Waals surface area contributed by atoms with Crippen LogP contribution >= 0.6 is 0 Å². The van der Waals surface area contributed by atoms with Crippen molar-refractivity contribution in [3.05, 3.63) is 71.8 Å². The van der Waals surface area contributed by atoms with Gasteiger partial charge in [0.15, 0.2) is 5.78 Å². The van der Waals surface area contributed by atoms with E-state index in [0.717, 1.165) is 0 Å². The summed E-state index contributed by atoms with van der Waals surface area (Å²) in [5, 5.41) is 9.89. The summed E-state index contributed by atoms with van der Waals surface area (Å²) in [4.78, 5) is 11.9. The molecule has 0 amide bonds. The second kappa shape index (κ2) is 4.73. The Balaban J connectivity index is 0.00000144. The summed E-state index contributed by atoms with van der Waals surface area (Å²) < 4.78 is 0. The van der Waals surface area contributed by atoms with Crippen LogP contribution in [0.15, 0.2) is 60.7 Å². The van der Waals surface area contributed by atoms with Crippen LogP contribution in [-0.4, -0.2) is 10.9 Å². The van der Waals surface area contributed by atoms with Crippen molar-refractivity contribution in [3.8, 4) is 0 Å². The molecule has 82 valence electrons. The van der Waals surface area contributed by atoms with Gasteiger partial charge in [-0.25, -0.2) is 0 Å². The van der Waals surface area contributed by atoms with E-state index >= 15 is 0 Å². The lowest BCUT2D eigenvalue weighted by atomic mass is 10.0. The average Bonchev–Trinajstić information content (AvgIpc) is 2.39. The first-order chi connectivity index (χ1) is 7.79. The Morgan fingerprint density at radius 1 is 0.938 bits per heavy atom. The number of aliphatic hydroxyl groups excluding tert-OH is 1. The SMILES string of the molecule is O=C(c1ccccc1)C(O)c1ccccc1.[HH]. The molecule has 16 heavy (non-hydrogen) atoms. The van der Waals surface area contributed by atoms with E-state index in [2.05, 4.69) is 0 Å². The van der Waals surface area contributed by atoms with Gasteiger partial charge in [-0.15, -0.1) is 0 Å². The van der Waals surface area contributed by atoms with Gasteiger partial charge in [-0.3, -0.25) is 4.79 Å². The van der Waals surface area contributed by atoms with Gasteiger partial charge in [0.1, 0.15) is 6.10 Å². The minimum Gasteiger partial charge on any atom is -0.380 e. The Kier molecular flexibility index (Phi) is 3.13. The van der Waals surface area contributed by atoms with Crippen molar-refractivity contribution in [3.63, 3.8) is 0 Å². The number of aliphatic hydroxyl groups is 1. The van der Waals surface area contributed by atoms with E-state index in [0.29, 0.717) is 11.1 Å². The van der Waals surface area contributed by atoms with Crippen molar-refractivity contribution in [1.82, 2.24) is 0 Å². The molecule has 0 saturated heterocycles. The molecule has 2 aromatic rings. The molecule has 0 bridgehead atoms. The van der Waals surface area contributed by atoms with E-state index in [-0.39, 0.29) is 7.21 Å². The molecule has 0 aliphatic heterocycles. The van der Waals surface area contributed by atoms with Crippen molar-refractivity contribution in [2.24, 2.45) is 0 Å². The molecule has 0 aliphatic rings. The Bertz CT molecular complexity index is 468. The van der Waals surface area contributed by atoms with Gasteiger partial charge in [0.2, 0.25) is 0 Å². The minimum atomic E-state index is -1.08. The first kappa shape index (κ1) is 10.6. The standard InChI is InChI=1S/C14H12O2.H2/c15-13(11-7-3-1-4-8-11)14(16)12-9-5-2-6-10-12;/h1-10,13,15H;1H. The summed E-state index contributed by atoms with van der Waals surface area (Å²) in [5.41, 5.74) is 1.15. The number of hydrogen-bond acceptors (Lipinski definition) is 2. The minimum absolute atomic E-state index is 0. The third kappa shape index (κ3) is 2.18. The first-order valence-electron chi connectivity index (χ1n) is 5.11. The summed E-state index contributed by atoms with van der Waals surface area (Å²) in [7, 11) is 0. The van der Waals surface area contributed by atoms with Crippen molar-refractivity contribution in [2.45, 2.75) is 6.10 Å². The van der Waals surface area contributed by atoms with Crippen LogP contribution in [0.1, 0.15) is 23.5 Å². The van der Waals surface area contributed by atoms with Crippen LogP contribution in [0.2, 0.25) is 0 Å². The molecule has 0 spiro atoms. The maximum Gasteiger partial charge on any atom is 0.195 e. The Hall–Kier alpha value is -1.93. The van der Waals surface area contributed by atoms with E-state index in [9.17, 15) is 9.90 Å². The van der Waals surface area contributed by atoms with Crippen molar-refractivity contribution in [2.75, 3.05) is 0 Å². The highest BCUT2D eigenvalue weighted by Gasteiger charge is 2.18. The van der Waals surface area contributed by atoms with Crippen LogP contribution in [0.4, 0.5) is 0 Å². The van der Waals surface area contributed by atoms with Gasteiger partial charge >= 0.3 is 0 Å². The second-order valence-electron chi connectivity index (χ2n) is 3.54. The first-order valence-corrected chi connectivity index (χ1v) is 5.11. The highest BCUT2D eigenvalue weighted by atomic mass is 16.3. The molecule has 0 aliphatic carbocycles. The van der Waals surface area contributed by atoms with Gasteiger partial charge in [-0.05, 0) is 5.56 Å². The van der Waals surface area contributed by atoms with Crippen molar-refractivity contribution < 1.29 is 11.3 Å². The summed E-state index contributed by atoms with van der Waals surface area (Å²) >= 11 is 0. The Morgan fingerprint density at radius 3 is 2.00 bits per heavy atom. The highest BCUT2D eigenvalue weighted by Crippen LogP contribution is 2.17. The molecular formula is C14H14O2. The van der Waals surface area contributed by atoms with E-state index in [4.69, 9.17) is 0 Å². The molecule has 1 atom stereocenters. The van der Waals surface area contributed by atoms with Gasteiger partial charge in [-0.1, -0.05) is 60.7 Å². The number of ketones is 1. The summed E-state index contributed by atoms with van der Waals surface area (Å²) in [5.74, 6) is -0.271. The number of benzene rings is 2. The predicted molar refractivity (Wildman–Crippen MR) is 64.3 cm³/mol. The monoisotopic (exact) mass is 214 g/mol. The molecule has 2 rings (SSSR count). The second-order valence-corrected chi connectivity index (χ2v) is 3.54. The fourth-order valence-electron chi connectivity index (χ4n) is 1.55. The molecular weight excluding hydrogens is 200 g/mol. The van der Waals surface area contributed by atoms with E-state index in [1.165, 1.54) is 0 Å². The zero-order valence-electron chi connectivity index (χ0n) is 8.71. The lowest BCUT2D eigenvalue weighted by Gasteiger charge is -2.09. The van der Waals surface area contributed by atoms with E-state index in [1.807, 2.05) is 12.1 Å². The molecule has 2 nitrogen and oxygen atoms in total. The van der Waals surface area contributed by atoms with Gasteiger partial charge in [0, 0.05) is 6.99 Å². The third-order valence-corrected chi connectivity index (χ3v) is 2.42. The lowest BCUT2D eigenvalue weighted by Crippen LogP contribution is -2.11. The maximum atomic E-state index is 11.9. The van der Waals surface area contributed by atoms with Crippen LogP contribution < -0.4 is 0 Å². The molecule has 1 N–H and O–H groups in total. The zero-order valence-corrected chi connectivity index (χ0v) is 8.71. The van der Waals surface area contributed by atoms with Gasteiger partial charge in [-0.2, -0.15) is 0 Å². The molecule has 0 saturated carbocycles. The molecule has 1 unspecified atom stereocenters. The molecule has 0 heterocycles. The number of carbonyl (C=O) groups excluding carboxylic acids is 1. The lowest BCUT2D eigenvalue weighted by molar-refractivity contribution is 0.0747. The van der Waals surface area contributed by atoms with Crippen LogP contribution in [0, 0.1) is 0 Å². The number of hydrogen-bond donors (Lipinski definition) is 1. The molecule has 2 heteroatoms. The van der Waals surface area contributed by atoms with Crippen molar-refractivity contribution >= 4 is 5.78 Å². The van der Waals surface area contributed by atoms with Crippen LogP contribution in [0.3, 0.4) is 0 Å². The molecule has 0 fully saturated rings. The predicted octanol–water partition coefficient (Wildman–Crippen LogP) is 2.85. The highest BCUT2D eigenvalue weighted by molar-refractivity contribution is 5.99. The van der Waals surface area contributed by atoms with Crippen molar-refractivity contribution in [1.29, 1.82) is 0 Å². The number of carbonyl (C=O) groups is 1. The average molecular weight is 214 g/mol. The fraction of sp³-hybridized carbons (Fsp3) is 0.0714. The van der Waals surface area contributed by atoms with Crippen LogP contribution in [0.25, 0.3) is 0 Å². The van der Waals surface area contributed by atoms with Gasteiger partial charge < -0.3 is 5.11 Å². The summed E-state index contributed by atoms with van der Waals surface area (Å²) in [6, 6.07) is 17.7. The Morgan fingerprint density at radius 2 is 1.44 bits per heavy atom. The largest absolute Gasteiger partial charge is 0.380 e. The van der Waals surface area contributed by atoms with E-state index < -0.39 is 6.10 Å². The third-order valence-electron chi connectivity index (χ3n) is 2.42. The van der Waals surface area contributed by atoms with Gasteiger partial charge in [0.05, 0.1) is 0 Å². The van der Waals surface area contributed by atoms with Gasteiger partial charge in [0.25, 0.3) is 0 Å².